The number of anilines is 1. The van der Waals surface area contributed by atoms with E-state index in [1.54, 1.807) is 29.2 Å². The maximum absolute atomic E-state index is 13.1. The lowest BCUT2D eigenvalue weighted by Gasteiger charge is -2.27. The van der Waals surface area contributed by atoms with Crippen LogP contribution in [0.5, 0.6) is 0 Å². The van der Waals surface area contributed by atoms with E-state index < -0.39 is 11.7 Å². The number of aryl methyl sites for hydroxylation is 1. The molecular weight excluding hydrogens is 504 g/mol. The van der Waals surface area contributed by atoms with Crippen LogP contribution in [0.3, 0.4) is 0 Å². The van der Waals surface area contributed by atoms with E-state index in [1.807, 2.05) is 12.1 Å². The number of benzene rings is 2. The summed E-state index contributed by atoms with van der Waals surface area (Å²) in [6.07, 6.45) is 1.18. The zero-order valence-corrected chi connectivity index (χ0v) is 20.5. The highest BCUT2D eigenvalue weighted by atomic mass is 35.5. The molecule has 11 heteroatoms. The molecule has 1 aliphatic heterocycles. The number of aromatic amines is 1. The number of carbonyl (C=O) groups is 3. The number of primary amides is 1. The summed E-state index contributed by atoms with van der Waals surface area (Å²) in [5, 5.41) is 3.86. The fourth-order valence-electron chi connectivity index (χ4n) is 4.28. The Morgan fingerprint density at radius 1 is 1.17 bits per heavy atom. The molecule has 0 atom stereocenters. The van der Waals surface area contributed by atoms with E-state index in [4.69, 9.17) is 21.8 Å². The molecule has 5 rings (SSSR count). The molecule has 2 aromatic heterocycles. The van der Waals surface area contributed by atoms with E-state index in [-0.39, 0.29) is 24.8 Å². The first-order chi connectivity index (χ1) is 17.3. The van der Waals surface area contributed by atoms with Crippen molar-refractivity contribution < 1.29 is 18.8 Å². The van der Waals surface area contributed by atoms with Crippen molar-refractivity contribution in [3.63, 3.8) is 0 Å². The summed E-state index contributed by atoms with van der Waals surface area (Å²) in [6.45, 7) is 0.650. The van der Waals surface area contributed by atoms with Gasteiger partial charge < -0.3 is 20.4 Å². The number of halogens is 1. The monoisotopic (exact) mass is 524 g/mol. The number of aromatic nitrogens is 1. The zero-order chi connectivity index (χ0) is 25.4. The Kier molecular flexibility index (Phi) is 6.38. The summed E-state index contributed by atoms with van der Waals surface area (Å²) >= 11 is 7.16. The number of hydrogen-bond acceptors (Lipinski definition) is 6. The maximum Gasteiger partial charge on any atom is 0.417 e. The third-order valence-electron chi connectivity index (χ3n) is 6.07. The third-order valence-corrected chi connectivity index (χ3v) is 7.45. The molecule has 36 heavy (non-hydrogen) atoms. The van der Waals surface area contributed by atoms with E-state index in [1.165, 1.54) is 17.4 Å². The lowest BCUT2D eigenvalue weighted by Crippen LogP contribution is -2.35. The van der Waals surface area contributed by atoms with Gasteiger partial charge in [0, 0.05) is 28.4 Å². The lowest BCUT2D eigenvalue weighted by atomic mass is 10.0. The van der Waals surface area contributed by atoms with Gasteiger partial charge in [0.15, 0.2) is 5.58 Å². The second-order valence-corrected chi connectivity index (χ2v) is 9.99. The van der Waals surface area contributed by atoms with Gasteiger partial charge in [-0.2, -0.15) is 0 Å². The van der Waals surface area contributed by atoms with Crippen molar-refractivity contribution in [1.29, 1.82) is 0 Å². The van der Waals surface area contributed by atoms with Crippen molar-refractivity contribution in [3.8, 4) is 0 Å². The molecule has 0 saturated heterocycles. The number of oxazole rings is 1. The summed E-state index contributed by atoms with van der Waals surface area (Å²) in [4.78, 5) is 54.4. The highest BCUT2D eigenvalue weighted by Gasteiger charge is 2.30. The van der Waals surface area contributed by atoms with Gasteiger partial charge in [0.2, 0.25) is 5.91 Å². The van der Waals surface area contributed by atoms with Gasteiger partial charge in [0.05, 0.1) is 17.6 Å². The number of hydrogen-bond donors (Lipinski definition) is 3. The molecular formula is C25H21ClN4O5S. The fourth-order valence-corrected chi connectivity index (χ4v) is 5.70. The number of nitrogens with zero attached hydrogens (tertiary/aromatic N) is 1. The molecule has 0 bridgehead atoms. The second-order valence-electron chi connectivity index (χ2n) is 8.45. The predicted molar refractivity (Wildman–Crippen MR) is 137 cm³/mol. The Labute approximate surface area is 213 Å². The number of rotatable bonds is 6. The van der Waals surface area contributed by atoms with E-state index in [0.717, 1.165) is 16.0 Å². The Morgan fingerprint density at radius 3 is 2.69 bits per heavy atom. The van der Waals surface area contributed by atoms with Crippen LogP contribution in [0.2, 0.25) is 5.02 Å². The average molecular weight is 525 g/mol. The summed E-state index contributed by atoms with van der Waals surface area (Å²) in [6, 6.07) is 12.0. The molecule has 1 aliphatic rings. The van der Waals surface area contributed by atoms with Crippen LogP contribution < -0.4 is 16.8 Å². The van der Waals surface area contributed by atoms with Crippen molar-refractivity contribution in [2.45, 2.75) is 25.8 Å². The Hall–Kier alpha value is -3.89. The average Bonchev–Trinajstić information content (AvgIpc) is 3.40. The standard InChI is InChI=1S/C25H21ClN4O5S/c26-15-5-1-13(2-6-15)3-8-20(31)29-23-21(22(27)32)16-9-10-30(12-19(16)36-23)24(33)14-4-7-17-18(11-14)35-25(34)28-17/h1-2,4-7,11H,3,8-10,12H2,(H2,27,32)(H,28,34)(H,29,31). The third kappa shape index (κ3) is 4.77. The van der Waals surface area contributed by atoms with Gasteiger partial charge in [-0.3, -0.25) is 19.4 Å². The molecule has 184 valence electrons. The topological polar surface area (TPSA) is 138 Å². The van der Waals surface area contributed by atoms with Crippen LogP contribution >= 0.6 is 22.9 Å². The Balaban J connectivity index is 1.31. The molecule has 0 fully saturated rings. The predicted octanol–water partition coefficient (Wildman–Crippen LogP) is 3.70. The van der Waals surface area contributed by atoms with Crippen LogP contribution in [0.25, 0.3) is 11.1 Å². The Morgan fingerprint density at radius 2 is 1.94 bits per heavy atom. The number of H-pyrrole nitrogens is 1. The minimum Gasteiger partial charge on any atom is -0.408 e. The number of nitrogens with two attached hydrogens (primary N) is 1. The number of thiophene rings is 1. The van der Waals surface area contributed by atoms with Crippen LogP contribution in [0.1, 0.15) is 43.1 Å². The van der Waals surface area contributed by atoms with E-state index >= 15 is 0 Å². The van der Waals surface area contributed by atoms with Crippen LogP contribution in [0, 0.1) is 0 Å². The molecule has 4 N–H and O–H groups in total. The lowest BCUT2D eigenvalue weighted by molar-refractivity contribution is -0.116. The van der Waals surface area contributed by atoms with Crippen molar-refractivity contribution in [3.05, 3.63) is 85.2 Å². The summed E-state index contributed by atoms with van der Waals surface area (Å²) in [5.41, 5.74) is 8.90. The molecule has 0 saturated carbocycles. The first kappa shape index (κ1) is 23.8. The highest BCUT2D eigenvalue weighted by molar-refractivity contribution is 7.17. The summed E-state index contributed by atoms with van der Waals surface area (Å²) in [7, 11) is 0. The van der Waals surface area contributed by atoms with Crippen molar-refractivity contribution >= 4 is 56.8 Å². The van der Waals surface area contributed by atoms with Gasteiger partial charge in [0.1, 0.15) is 5.00 Å². The van der Waals surface area contributed by atoms with Crippen molar-refractivity contribution in [2.75, 3.05) is 11.9 Å². The molecule has 3 amide bonds. The number of nitrogens with one attached hydrogen (secondary N) is 2. The van der Waals surface area contributed by atoms with Gasteiger partial charge >= 0.3 is 5.76 Å². The minimum absolute atomic E-state index is 0.227. The largest absolute Gasteiger partial charge is 0.417 e. The first-order valence-electron chi connectivity index (χ1n) is 11.2. The van der Waals surface area contributed by atoms with Crippen molar-refractivity contribution in [2.24, 2.45) is 5.73 Å². The molecule has 2 aromatic carbocycles. The highest BCUT2D eigenvalue weighted by Crippen LogP contribution is 2.37. The molecule has 3 heterocycles. The normalized spacial score (nSPS) is 13.0. The number of fused-ring (bicyclic) bond motifs is 2. The first-order valence-corrected chi connectivity index (χ1v) is 12.4. The van der Waals surface area contributed by atoms with Crippen LogP contribution in [-0.2, 0) is 24.2 Å². The number of carbonyl (C=O) groups excluding carboxylic acids is 3. The summed E-state index contributed by atoms with van der Waals surface area (Å²) < 4.78 is 5.06. The smallest absolute Gasteiger partial charge is 0.408 e. The van der Waals surface area contributed by atoms with Crippen LogP contribution in [-0.4, -0.2) is 34.2 Å². The summed E-state index contributed by atoms with van der Waals surface area (Å²) in [5.74, 6) is -1.67. The van der Waals surface area contributed by atoms with E-state index in [9.17, 15) is 19.2 Å². The zero-order valence-electron chi connectivity index (χ0n) is 18.9. The molecule has 4 aromatic rings. The molecule has 9 nitrogen and oxygen atoms in total. The molecule has 0 aliphatic carbocycles. The molecule has 0 spiro atoms. The van der Waals surface area contributed by atoms with E-state index in [0.29, 0.717) is 51.6 Å². The second kappa shape index (κ2) is 9.63. The van der Waals surface area contributed by atoms with Gasteiger partial charge in [-0.15, -0.1) is 11.3 Å². The SMILES string of the molecule is NC(=O)c1c(NC(=O)CCc2ccc(Cl)cc2)sc2c1CCN(C(=O)c1ccc3[nH]c(=O)oc3c1)C2. The maximum atomic E-state index is 13.1. The van der Waals surface area contributed by atoms with Crippen molar-refractivity contribution in [1.82, 2.24) is 9.88 Å². The van der Waals surface area contributed by atoms with Gasteiger partial charge in [-0.1, -0.05) is 23.7 Å². The quantitative estimate of drug-likeness (QED) is 0.353. The van der Waals surface area contributed by atoms with Crippen LogP contribution in [0.4, 0.5) is 5.00 Å². The fraction of sp³-hybridized carbons (Fsp3) is 0.200. The van der Waals surface area contributed by atoms with Crippen LogP contribution in [0.15, 0.2) is 51.7 Å². The minimum atomic E-state index is -0.617. The van der Waals surface area contributed by atoms with Gasteiger partial charge in [-0.25, -0.2) is 4.79 Å². The number of amides is 3. The molecule has 0 unspecified atom stereocenters. The Bertz CT molecular complexity index is 1550. The molecule has 0 radical (unpaired) electrons. The van der Waals surface area contributed by atoms with Gasteiger partial charge in [0.25, 0.3) is 11.8 Å². The van der Waals surface area contributed by atoms with E-state index in [2.05, 4.69) is 10.3 Å². The van der Waals surface area contributed by atoms with Gasteiger partial charge in [-0.05, 0) is 54.3 Å².